The zero-order valence-electron chi connectivity index (χ0n) is 28.5. The molecule has 3 aliphatic carbocycles. The third-order valence-electron chi connectivity index (χ3n) is 9.72. The Kier molecular flexibility index (Phi) is 16.3. The highest BCUT2D eigenvalue weighted by atomic mass is 19.4. The standard InChI is InChI=1S/C28H40N2.C8H13F3N2.C2H6/c1-5-23-10-8-11-24(18-23)28-16-14-27(19-25(28)20-28)30(7-3)21-22(4)15-17-29(6-2)26-12-9-13-26;1-13-7(3-2-6-12)4-5-8(9,10)11;1-2/h1,7-8,10-11,18,22,25-27H,3,6,9,12-17,19-21H2,2,4H3;2-4,13H,5-6,12H2,1H3;1-2H3/b;3-2-,7-4+;. The van der Waals surface area contributed by atoms with Crippen LogP contribution < -0.4 is 11.1 Å². The number of nitrogens with zero attached hydrogens (tertiary/aromatic N) is 2. The molecule has 0 spiro atoms. The van der Waals surface area contributed by atoms with Crippen molar-refractivity contribution >= 4 is 0 Å². The first-order chi connectivity index (χ1) is 21.6. The van der Waals surface area contributed by atoms with E-state index in [1.165, 1.54) is 76.1 Å². The van der Waals surface area contributed by atoms with Crippen LogP contribution in [0.25, 0.3) is 0 Å². The minimum atomic E-state index is -4.15. The topological polar surface area (TPSA) is 44.5 Å². The molecule has 3 saturated carbocycles. The molecule has 4 nitrogen and oxygen atoms in total. The van der Waals surface area contributed by atoms with Crippen LogP contribution in [0.1, 0.15) is 96.6 Å². The normalized spacial score (nSPS) is 23.4. The molecule has 7 heteroatoms. The van der Waals surface area contributed by atoms with Crippen molar-refractivity contribution in [1.29, 1.82) is 0 Å². The maximum absolute atomic E-state index is 11.8. The molecule has 0 radical (unpaired) electrons. The van der Waals surface area contributed by atoms with Gasteiger partial charge in [-0.05, 0) is 105 Å². The maximum Gasteiger partial charge on any atom is 0.392 e. The van der Waals surface area contributed by atoms with Gasteiger partial charge in [0, 0.05) is 43.5 Å². The number of hydrogen-bond donors (Lipinski definition) is 2. The predicted molar refractivity (Wildman–Crippen MR) is 185 cm³/mol. The first-order valence-electron chi connectivity index (χ1n) is 17.1. The fraction of sp³-hybridized carbons (Fsp3) is 0.632. The highest BCUT2D eigenvalue weighted by Crippen LogP contribution is 2.62. The Hall–Kier alpha value is -2.69. The van der Waals surface area contributed by atoms with Gasteiger partial charge in [0.1, 0.15) is 0 Å². The zero-order valence-corrected chi connectivity index (χ0v) is 28.5. The molecule has 0 bridgehead atoms. The number of rotatable bonds is 14. The summed E-state index contributed by atoms with van der Waals surface area (Å²) in [4.78, 5) is 5.28. The Morgan fingerprint density at radius 2 is 1.98 bits per heavy atom. The van der Waals surface area contributed by atoms with Crippen molar-refractivity contribution in [3.8, 4) is 12.3 Å². The third kappa shape index (κ3) is 11.9. The number of nitrogens with two attached hydrogens (primary N) is 1. The second-order valence-electron chi connectivity index (χ2n) is 12.6. The number of allylic oxidation sites excluding steroid dienone is 2. The molecular weight excluding hydrogens is 569 g/mol. The molecule has 4 unspecified atom stereocenters. The van der Waals surface area contributed by atoms with Crippen LogP contribution in [0.4, 0.5) is 13.2 Å². The first-order valence-corrected chi connectivity index (χ1v) is 17.1. The van der Waals surface area contributed by atoms with Gasteiger partial charge in [0.15, 0.2) is 0 Å². The largest absolute Gasteiger partial charge is 0.392 e. The van der Waals surface area contributed by atoms with E-state index in [0.717, 1.165) is 36.1 Å². The number of hydrogen-bond acceptors (Lipinski definition) is 4. The van der Waals surface area contributed by atoms with E-state index in [2.05, 4.69) is 71.9 Å². The van der Waals surface area contributed by atoms with E-state index in [9.17, 15) is 13.2 Å². The second kappa shape index (κ2) is 19.1. The van der Waals surface area contributed by atoms with Crippen LogP contribution in [-0.2, 0) is 5.41 Å². The summed E-state index contributed by atoms with van der Waals surface area (Å²) in [5.41, 5.74) is 8.49. The van der Waals surface area contributed by atoms with E-state index in [1.54, 1.807) is 13.1 Å². The Labute approximate surface area is 272 Å². The van der Waals surface area contributed by atoms with E-state index in [4.69, 9.17) is 12.2 Å². The first kappa shape index (κ1) is 38.5. The lowest BCUT2D eigenvalue weighted by Crippen LogP contribution is -2.42. The minimum Gasteiger partial charge on any atom is -0.388 e. The number of fused-ring (bicyclic) bond motifs is 1. The molecule has 1 aromatic carbocycles. The van der Waals surface area contributed by atoms with Crippen LogP contribution >= 0.6 is 0 Å². The van der Waals surface area contributed by atoms with E-state index in [0.29, 0.717) is 23.7 Å². The molecule has 0 aromatic heterocycles. The summed E-state index contributed by atoms with van der Waals surface area (Å²) >= 11 is 0. The van der Waals surface area contributed by atoms with Crippen LogP contribution in [0.5, 0.6) is 0 Å². The van der Waals surface area contributed by atoms with E-state index < -0.39 is 12.6 Å². The van der Waals surface area contributed by atoms with Gasteiger partial charge in [-0.3, -0.25) is 0 Å². The number of nitrogens with one attached hydrogen (secondary N) is 1. The van der Waals surface area contributed by atoms with Crippen molar-refractivity contribution in [3.63, 3.8) is 0 Å². The number of benzene rings is 1. The zero-order chi connectivity index (χ0) is 33.5. The van der Waals surface area contributed by atoms with Crippen molar-refractivity contribution in [3.05, 3.63) is 72.1 Å². The van der Waals surface area contributed by atoms with Gasteiger partial charge in [-0.2, -0.15) is 13.2 Å². The van der Waals surface area contributed by atoms with Gasteiger partial charge in [0.05, 0.1) is 6.42 Å². The van der Waals surface area contributed by atoms with Crippen molar-refractivity contribution in [2.75, 3.05) is 33.2 Å². The van der Waals surface area contributed by atoms with E-state index in [1.807, 2.05) is 13.8 Å². The van der Waals surface area contributed by atoms with Gasteiger partial charge in [-0.15, -0.1) is 6.42 Å². The highest BCUT2D eigenvalue weighted by Gasteiger charge is 2.57. The molecule has 45 heavy (non-hydrogen) atoms. The summed E-state index contributed by atoms with van der Waals surface area (Å²) in [5.74, 6) is 4.35. The average molecular weight is 629 g/mol. The fourth-order valence-corrected chi connectivity index (χ4v) is 6.82. The summed E-state index contributed by atoms with van der Waals surface area (Å²) < 4.78 is 35.3. The Balaban J connectivity index is 0.000000398. The van der Waals surface area contributed by atoms with Crippen LogP contribution in [-0.4, -0.2) is 61.3 Å². The monoisotopic (exact) mass is 628 g/mol. The summed E-state index contributed by atoms with van der Waals surface area (Å²) in [5, 5.41) is 2.63. The van der Waals surface area contributed by atoms with Crippen LogP contribution in [0, 0.1) is 24.2 Å². The number of alkyl halides is 3. The number of halogens is 3. The molecule has 0 aliphatic heterocycles. The summed E-state index contributed by atoms with van der Waals surface area (Å²) in [6, 6.07) is 10.3. The fourth-order valence-electron chi connectivity index (χ4n) is 6.82. The lowest BCUT2D eigenvalue weighted by Gasteiger charge is -2.39. The predicted octanol–water partition coefficient (Wildman–Crippen LogP) is 8.41. The Morgan fingerprint density at radius 1 is 1.24 bits per heavy atom. The molecule has 4 atom stereocenters. The van der Waals surface area contributed by atoms with Crippen LogP contribution in [0.2, 0.25) is 0 Å². The second-order valence-corrected chi connectivity index (χ2v) is 12.6. The summed E-state index contributed by atoms with van der Waals surface area (Å²) in [7, 11) is 1.56. The number of likely N-dealkylation sites (N-methyl/N-ethyl adjacent to an activating group) is 1. The van der Waals surface area contributed by atoms with E-state index in [-0.39, 0.29) is 0 Å². The molecule has 3 fully saturated rings. The smallest absolute Gasteiger partial charge is 0.388 e. The van der Waals surface area contributed by atoms with Gasteiger partial charge in [-0.1, -0.05) is 70.9 Å². The van der Waals surface area contributed by atoms with Gasteiger partial charge in [0.25, 0.3) is 0 Å². The Morgan fingerprint density at radius 3 is 2.51 bits per heavy atom. The molecule has 0 heterocycles. The van der Waals surface area contributed by atoms with Crippen molar-refractivity contribution < 1.29 is 13.2 Å². The summed E-state index contributed by atoms with van der Waals surface area (Å²) in [6.45, 7) is 16.9. The minimum absolute atomic E-state index is 0.311. The molecular formula is C38H59F3N4. The van der Waals surface area contributed by atoms with E-state index >= 15 is 0 Å². The van der Waals surface area contributed by atoms with Gasteiger partial charge in [0.2, 0.25) is 0 Å². The molecule has 252 valence electrons. The molecule has 3 N–H and O–H groups in total. The van der Waals surface area contributed by atoms with Crippen molar-refractivity contribution in [1.82, 2.24) is 15.1 Å². The lowest BCUT2D eigenvalue weighted by atomic mass is 9.80. The molecule has 4 rings (SSSR count). The highest BCUT2D eigenvalue weighted by molar-refractivity contribution is 5.42. The average Bonchev–Trinajstić information content (AvgIpc) is 3.77. The molecule has 1 aromatic rings. The van der Waals surface area contributed by atoms with Gasteiger partial charge >= 0.3 is 6.18 Å². The Bertz CT molecular complexity index is 1120. The van der Waals surface area contributed by atoms with Crippen molar-refractivity contribution in [2.45, 2.75) is 109 Å². The maximum atomic E-state index is 11.8. The van der Waals surface area contributed by atoms with Crippen LogP contribution in [0.3, 0.4) is 0 Å². The van der Waals surface area contributed by atoms with Gasteiger partial charge < -0.3 is 20.9 Å². The number of terminal acetylenes is 1. The van der Waals surface area contributed by atoms with Gasteiger partial charge in [-0.25, -0.2) is 0 Å². The quantitative estimate of drug-likeness (QED) is 0.160. The van der Waals surface area contributed by atoms with Crippen molar-refractivity contribution in [2.24, 2.45) is 17.6 Å². The molecule has 0 amide bonds. The molecule has 3 aliphatic rings. The molecule has 0 saturated heterocycles. The van der Waals surface area contributed by atoms with Crippen LogP contribution in [0.15, 0.2) is 61.0 Å². The lowest BCUT2D eigenvalue weighted by molar-refractivity contribution is -0.125. The third-order valence-corrected chi connectivity index (χ3v) is 9.72. The summed E-state index contributed by atoms with van der Waals surface area (Å²) in [6.07, 6.45) is 17.6. The SMILES string of the molecule is C#Cc1cccc(C23CCC(N(C=C)CC(C)CCN(CC)C4CCC4)CC2C3)c1.CC.CNC(/C=C\CN)=C/CC(F)(F)F.